The predicted molar refractivity (Wildman–Crippen MR) is 98.1 cm³/mol. The molecular formula is C20H25O2P. The summed E-state index contributed by atoms with van der Waals surface area (Å²) >= 11 is 0. The Hall–Kier alpha value is -1.53. The number of hydrogen-bond donors (Lipinski definition) is 0. The van der Waals surface area contributed by atoms with Crippen molar-refractivity contribution in [2.75, 3.05) is 0 Å². The molecule has 0 radical (unpaired) electrons. The zero-order valence-electron chi connectivity index (χ0n) is 14.8. The molecule has 122 valence electrons. The number of fused-ring (bicyclic) bond motifs is 1. The molecule has 2 aromatic carbocycles. The third-order valence-electron chi connectivity index (χ3n) is 4.05. The molecular weight excluding hydrogens is 303 g/mol. The fourth-order valence-electron chi connectivity index (χ4n) is 2.60. The minimum atomic E-state index is -1.08. The van der Waals surface area contributed by atoms with Gasteiger partial charge in [0.25, 0.3) is 0 Å². The first-order chi connectivity index (χ1) is 10.7. The van der Waals surface area contributed by atoms with Crippen LogP contribution in [0.2, 0.25) is 0 Å². The second kappa shape index (κ2) is 5.53. The summed E-state index contributed by atoms with van der Waals surface area (Å²) < 4.78 is 12.5. The van der Waals surface area contributed by atoms with Crippen molar-refractivity contribution in [2.45, 2.75) is 52.4 Å². The standard InChI is InChI=1S/C20H25O2P/c1-19(2,3)14-12-16(20(4,5)6)18-17(13-14)21-23(22-18)15-10-8-7-9-11-15/h7-13H,1-6H3. The molecule has 2 nitrogen and oxygen atoms in total. The molecule has 2 aromatic rings. The van der Waals surface area contributed by atoms with Crippen LogP contribution in [0, 0.1) is 0 Å². The van der Waals surface area contributed by atoms with E-state index in [-0.39, 0.29) is 10.8 Å². The fraction of sp³-hybridized carbons (Fsp3) is 0.400. The molecule has 23 heavy (non-hydrogen) atoms. The Morgan fingerprint density at radius 1 is 0.783 bits per heavy atom. The normalized spacial score (nSPS) is 17.4. The van der Waals surface area contributed by atoms with Crippen molar-refractivity contribution in [3.05, 3.63) is 53.6 Å². The molecule has 1 aliphatic heterocycles. The van der Waals surface area contributed by atoms with E-state index in [1.165, 1.54) is 11.1 Å². The maximum absolute atomic E-state index is 6.26. The second-order valence-corrected chi connectivity index (χ2v) is 9.52. The zero-order valence-corrected chi connectivity index (χ0v) is 15.7. The lowest BCUT2D eigenvalue weighted by molar-refractivity contribution is 0.536. The van der Waals surface area contributed by atoms with E-state index in [0.29, 0.717) is 0 Å². The van der Waals surface area contributed by atoms with Gasteiger partial charge in [0, 0.05) is 5.56 Å². The number of rotatable bonds is 1. The molecule has 0 amide bonds. The third kappa shape index (κ3) is 3.23. The Bertz CT molecular complexity index is 709. The van der Waals surface area contributed by atoms with Crippen molar-refractivity contribution in [3.8, 4) is 11.5 Å². The molecule has 0 saturated carbocycles. The van der Waals surface area contributed by atoms with Crippen molar-refractivity contribution in [1.29, 1.82) is 0 Å². The lowest BCUT2D eigenvalue weighted by Gasteiger charge is -2.26. The van der Waals surface area contributed by atoms with E-state index in [2.05, 4.69) is 65.8 Å². The van der Waals surface area contributed by atoms with Crippen molar-refractivity contribution in [1.82, 2.24) is 0 Å². The maximum atomic E-state index is 6.26. The van der Waals surface area contributed by atoms with E-state index in [0.717, 1.165) is 16.8 Å². The molecule has 3 rings (SSSR count). The van der Waals surface area contributed by atoms with Gasteiger partial charge in [0.1, 0.15) is 0 Å². The van der Waals surface area contributed by atoms with Gasteiger partial charge in [-0.3, -0.25) is 0 Å². The highest BCUT2D eigenvalue weighted by molar-refractivity contribution is 7.57. The highest BCUT2D eigenvalue weighted by atomic mass is 31.2. The second-order valence-electron chi connectivity index (χ2n) is 8.13. The highest BCUT2D eigenvalue weighted by Crippen LogP contribution is 2.56. The number of hydrogen-bond acceptors (Lipinski definition) is 2. The molecule has 0 bridgehead atoms. The van der Waals surface area contributed by atoms with Crippen molar-refractivity contribution >= 4 is 13.7 Å². The molecule has 3 heteroatoms. The van der Waals surface area contributed by atoms with Crippen LogP contribution in [0.25, 0.3) is 0 Å². The van der Waals surface area contributed by atoms with Gasteiger partial charge in [-0.2, -0.15) is 0 Å². The van der Waals surface area contributed by atoms with Crippen LogP contribution in [0.4, 0.5) is 0 Å². The smallest absolute Gasteiger partial charge is 0.326 e. The summed E-state index contributed by atoms with van der Waals surface area (Å²) in [6, 6.07) is 14.6. The fourth-order valence-corrected chi connectivity index (χ4v) is 3.93. The molecule has 0 N–H and O–H groups in total. The van der Waals surface area contributed by atoms with Crippen molar-refractivity contribution in [2.24, 2.45) is 0 Å². The van der Waals surface area contributed by atoms with Gasteiger partial charge in [-0.15, -0.1) is 0 Å². The van der Waals surface area contributed by atoms with Crippen LogP contribution in [0.5, 0.6) is 11.5 Å². The van der Waals surface area contributed by atoms with Gasteiger partial charge >= 0.3 is 8.38 Å². The van der Waals surface area contributed by atoms with Crippen LogP contribution in [-0.4, -0.2) is 0 Å². The van der Waals surface area contributed by atoms with E-state index in [1.54, 1.807) is 0 Å². The Labute approximate surface area is 140 Å². The summed E-state index contributed by atoms with van der Waals surface area (Å²) in [6.45, 7) is 13.4. The lowest BCUT2D eigenvalue weighted by Crippen LogP contribution is -2.16. The summed E-state index contributed by atoms with van der Waals surface area (Å²) in [5, 5.41) is 1.11. The van der Waals surface area contributed by atoms with Gasteiger partial charge in [0.2, 0.25) is 0 Å². The average molecular weight is 328 g/mol. The van der Waals surface area contributed by atoms with Gasteiger partial charge in [-0.05, 0) is 34.6 Å². The Balaban J connectivity index is 2.07. The molecule has 0 aromatic heterocycles. The first kappa shape index (κ1) is 16.3. The van der Waals surface area contributed by atoms with Crippen LogP contribution in [0.3, 0.4) is 0 Å². The topological polar surface area (TPSA) is 18.5 Å². The van der Waals surface area contributed by atoms with Crippen LogP contribution in [0.1, 0.15) is 52.7 Å². The average Bonchev–Trinajstić information content (AvgIpc) is 2.89. The molecule has 1 aliphatic rings. The van der Waals surface area contributed by atoms with Gasteiger partial charge in [0.05, 0.1) is 5.30 Å². The highest BCUT2D eigenvalue weighted by Gasteiger charge is 2.35. The molecule has 0 saturated heterocycles. The minimum Gasteiger partial charge on any atom is -0.431 e. The molecule has 0 spiro atoms. The zero-order chi connectivity index (χ0) is 16.8. The van der Waals surface area contributed by atoms with E-state index in [1.807, 2.05) is 18.2 Å². The SMILES string of the molecule is CC(C)(C)c1cc2c(c(C(C)(C)C)c1)OP(c1ccccc1)O2. The van der Waals surface area contributed by atoms with E-state index >= 15 is 0 Å². The monoisotopic (exact) mass is 328 g/mol. The summed E-state index contributed by atoms with van der Waals surface area (Å²) in [5.74, 6) is 1.80. The maximum Gasteiger partial charge on any atom is 0.326 e. The summed E-state index contributed by atoms with van der Waals surface area (Å²) in [5.41, 5.74) is 2.60. The Kier molecular flexibility index (Phi) is 3.92. The largest absolute Gasteiger partial charge is 0.431 e. The lowest BCUT2D eigenvalue weighted by atomic mass is 9.80. The summed E-state index contributed by atoms with van der Waals surface area (Å²) in [4.78, 5) is 0. The molecule has 1 unspecified atom stereocenters. The molecule has 0 aliphatic carbocycles. The molecule has 0 fully saturated rings. The van der Waals surface area contributed by atoms with Gasteiger partial charge in [-0.25, -0.2) is 0 Å². The van der Waals surface area contributed by atoms with Crippen molar-refractivity contribution in [3.63, 3.8) is 0 Å². The first-order valence-electron chi connectivity index (χ1n) is 8.06. The Morgan fingerprint density at radius 3 is 2.00 bits per heavy atom. The minimum absolute atomic E-state index is 0.0106. The van der Waals surface area contributed by atoms with Crippen LogP contribution >= 0.6 is 8.38 Å². The van der Waals surface area contributed by atoms with Crippen LogP contribution in [0.15, 0.2) is 42.5 Å². The van der Waals surface area contributed by atoms with Gasteiger partial charge < -0.3 is 9.05 Å². The van der Waals surface area contributed by atoms with Gasteiger partial charge in [-0.1, -0.05) is 65.8 Å². The van der Waals surface area contributed by atoms with Crippen molar-refractivity contribution < 1.29 is 9.05 Å². The van der Waals surface area contributed by atoms with E-state index in [9.17, 15) is 0 Å². The van der Waals surface area contributed by atoms with E-state index < -0.39 is 8.38 Å². The van der Waals surface area contributed by atoms with Gasteiger partial charge in [0.15, 0.2) is 11.5 Å². The van der Waals surface area contributed by atoms with Crippen LogP contribution in [-0.2, 0) is 10.8 Å². The summed E-state index contributed by atoms with van der Waals surface area (Å²) in [7, 11) is -1.08. The first-order valence-corrected chi connectivity index (χ1v) is 9.24. The van der Waals surface area contributed by atoms with E-state index in [4.69, 9.17) is 9.05 Å². The molecule has 1 heterocycles. The third-order valence-corrected chi connectivity index (χ3v) is 5.48. The van der Waals surface area contributed by atoms with Crippen LogP contribution < -0.4 is 14.4 Å². The quantitative estimate of drug-likeness (QED) is 0.626. The predicted octanol–water partition coefficient (Wildman–Crippen LogP) is 5.69. The summed E-state index contributed by atoms with van der Waals surface area (Å²) in [6.07, 6.45) is 0. The molecule has 1 atom stereocenters. The number of benzene rings is 2. The Morgan fingerprint density at radius 2 is 1.43 bits per heavy atom.